The van der Waals surface area contributed by atoms with Gasteiger partial charge in [0.2, 0.25) is 0 Å². The molecule has 98 valence electrons. The van der Waals surface area contributed by atoms with E-state index in [2.05, 4.69) is 4.98 Å². The standard InChI is InChI=1S/C15H15NO3/c1-9-13(12-6-4-11(8-17)5-7-12)14(10(2)16-9)15(18)19-3/h4-8,16H,1-3H3. The molecule has 4 nitrogen and oxygen atoms in total. The van der Waals surface area contributed by atoms with Crippen LogP contribution >= 0.6 is 0 Å². The summed E-state index contributed by atoms with van der Waals surface area (Å²) in [5, 5.41) is 0. The summed E-state index contributed by atoms with van der Waals surface area (Å²) in [6.45, 7) is 3.74. The highest BCUT2D eigenvalue weighted by molar-refractivity contribution is 5.99. The minimum Gasteiger partial charge on any atom is -0.465 e. The van der Waals surface area contributed by atoms with Crippen molar-refractivity contribution in [2.75, 3.05) is 7.11 Å². The highest BCUT2D eigenvalue weighted by Crippen LogP contribution is 2.30. The predicted molar refractivity (Wildman–Crippen MR) is 72.4 cm³/mol. The van der Waals surface area contributed by atoms with E-state index in [1.165, 1.54) is 7.11 Å². The van der Waals surface area contributed by atoms with E-state index in [1.54, 1.807) is 12.1 Å². The number of rotatable bonds is 3. The molecule has 0 aliphatic heterocycles. The van der Waals surface area contributed by atoms with Crippen LogP contribution in [0.1, 0.15) is 32.1 Å². The number of hydrogen-bond donors (Lipinski definition) is 1. The van der Waals surface area contributed by atoms with Gasteiger partial charge in [-0.15, -0.1) is 0 Å². The molecule has 2 rings (SSSR count). The van der Waals surface area contributed by atoms with Gasteiger partial charge in [-0.25, -0.2) is 4.79 Å². The highest BCUT2D eigenvalue weighted by Gasteiger charge is 2.20. The van der Waals surface area contributed by atoms with Gasteiger partial charge in [-0.05, 0) is 19.4 Å². The summed E-state index contributed by atoms with van der Waals surface area (Å²) in [5.74, 6) is -0.365. The van der Waals surface area contributed by atoms with Crippen molar-refractivity contribution in [1.29, 1.82) is 0 Å². The van der Waals surface area contributed by atoms with E-state index in [1.807, 2.05) is 26.0 Å². The third-order valence-electron chi connectivity index (χ3n) is 3.10. The minimum absolute atomic E-state index is 0.365. The molecule has 1 aromatic carbocycles. The van der Waals surface area contributed by atoms with E-state index in [0.717, 1.165) is 28.8 Å². The molecular weight excluding hydrogens is 242 g/mol. The Morgan fingerprint density at radius 1 is 1.16 bits per heavy atom. The zero-order valence-electron chi connectivity index (χ0n) is 11.1. The van der Waals surface area contributed by atoms with Gasteiger partial charge in [-0.3, -0.25) is 4.79 Å². The highest BCUT2D eigenvalue weighted by atomic mass is 16.5. The largest absolute Gasteiger partial charge is 0.465 e. The average molecular weight is 257 g/mol. The first-order valence-corrected chi connectivity index (χ1v) is 5.91. The van der Waals surface area contributed by atoms with Gasteiger partial charge in [0.05, 0.1) is 12.7 Å². The van der Waals surface area contributed by atoms with Crippen molar-refractivity contribution in [3.05, 3.63) is 46.8 Å². The van der Waals surface area contributed by atoms with Crippen molar-refractivity contribution in [3.8, 4) is 11.1 Å². The number of aldehydes is 1. The molecule has 0 saturated carbocycles. The summed E-state index contributed by atoms with van der Waals surface area (Å²) in [4.78, 5) is 25.7. The van der Waals surface area contributed by atoms with Crippen molar-refractivity contribution in [3.63, 3.8) is 0 Å². The fourth-order valence-electron chi connectivity index (χ4n) is 2.23. The molecule has 0 aliphatic rings. The molecule has 0 radical (unpaired) electrons. The van der Waals surface area contributed by atoms with Crippen LogP contribution in [0.15, 0.2) is 24.3 Å². The molecule has 0 spiro atoms. The van der Waals surface area contributed by atoms with E-state index >= 15 is 0 Å². The Kier molecular flexibility index (Phi) is 3.51. The number of aromatic amines is 1. The van der Waals surface area contributed by atoms with Crippen molar-refractivity contribution >= 4 is 12.3 Å². The number of hydrogen-bond acceptors (Lipinski definition) is 3. The Morgan fingerprint density at radius 2 is 1.79 bits per heavy atom. The van der Waals surface area contributed by atoms with Crippen LogP contribution in [0.4, 0.5) is 0 Å². The van der Waals surface area contributed by atoms with Gasteiger partial charge in [-0.2, -0.15) is 0 Å². The molecule has 0 unspecified atom stereocenters. The molecule has 1 N–H and O–H groups in total. The second kappa shape index (κ2) is 5.10. The number of nitrogens with one attached hydrogen (secondary N) is 1. The van der Waals surface area contributed by atoms with Crippen molar-refractivity contribution in [1.82, 2.24) is 4.98 Å². The molecule has 1 heterocycles. The van der Waals surface area contributed by atoms with Gasteiger partial charge in [0.1, 0.15) is 6.29 Å². The van der Waals surface area contributed by atoms with Crippen molar-refractivity contribution < 1.29 is 14.3 Å². The third-order valence-corrected chi connectivity index (χ3v) is 3.10. The lowest BCUT2D eigenvalue weighted by Crippen LogP contribution is -2.03. The number of ether oxygens (including phenoxy) is 1. The summed E-state index contributed by atoms with van der Waals surface area (Å²) in [5.41, 5.74) is 4.53. The van der Waals surface area contributed by atoms with E-state index < -0.39 is 0 Å². The molecule has 2 aromatic rings. The maximum absolute atomic E-state index is 11.9. The van der Waals surface area contributed by atoms with E-state index in [4.69, 9.17) is 4.74 Å². The minimum atomic E-state index is -0.365. The first-order chi connectivity index (χ1) is 9.08. The summed E-state index contributed by atoms with van der Waals surface area (Å²) >= 11 is 0. The lowest BCUT2D eigenvalue weighted by atomic mass is 9.99. The van der Waals surface area contributed by atoms with Gasteiger partial charge < -0.3 is 9.72 Å². The van der Waals surface area contributed by atoms with Crippen LogP contribution in [0, 0.1) is 13.8 Å². The molecule has 0 amide bonds. The molecule has 0 atom stereocenters. The molecule has 4 heteroatoms. The molecule has 0 aliphatic carbocycles. The molecule has 19 heavy (non-hydrogen) atoms. The summed E-state index contributed by atoms with van der Waals surface area (Å²) in [6.07, 6.45) is 0.792. The number of aromatic nitrogens is 1. The van der Waals surface area contributed by atoms with Crippen LogP contribution in [0.3, 0.4) is 0 Å². The number of esters is 1. The number of carbonyl (C=O) groups excluding carboxylic acids is 2. The zero-order valence-corrected chi connectivity index (χ0v) is 11.1. The molecule has 0 saturated heterocycles. The fourth-order valence-corrected chi connectivity index (χ4v) is 2.23. The maximum Gasteiger partial charge on any atom is 0.340 e. The number of H-pyrrole nitrogens is 1. The molecular formula is C15H15NO3. The average Bonchev–Trinajstić information content (AvgIpc) is 2.72. The van der Waals surface area contributed by atoms with Crippen LogP contribution in [0.2, 0.25) is 0 Å². The lowest BCUT2D eigenvalue weighted by molar-refractivity contribution is 0.0601. The van der Waals surface area contributed by atoms with Gasteiger partial charge in [0, 0.05) is 22.5 Å². The van der Waals surface area contributed by atoms with E-state index in [9.17, 15) is 9.59 Å². The SMILES string of the molecule is COC(=O)c1c(C)[nH]c(C)c1-c1ccc(C=O)cc1. The van der Waals surface area contributed by atoms with Gasteiger partial charge >= 0.3 is 5.97 Å². The fraction of sp³-hybridized carbons (Fsp3) is 0.200. The van der Waals surface area contributed by atoms with Crippen LogP contribution in [-0.4, -0.2) is 24.3 Å². The third kappa shape index (κ3) is 2.29. The number of aryl methyl sites for hydroxylation is 2. The van der Waals surface area contributed by atoms with Crippen LogP contribution < -0.4 is 0 Å². The Bertz CT molecular complexity index is 624. The predicted octanol–water partition coefficient (Wildman–Crippen LogP) is 2.90. The smallest absolute Gasteiger partial charge is 0.340 e. The molecule has 1 aromatic heterocycles. The summed E-state index contributed by atoms with van der Waals surface area (Å²) in [7, 11) is 1.36. The first-order valence-electron chi connectivity index (χ1n) is 5.91. The second-order valence-corrected chi connectivity index (χ2v) is 4.36. The topological polar surface area (TPSA) is 59.2 Å². The zero-order chi connectivity index (χ0) is 14.0. The van der Waals surface area contributed by atoms with Gasteiger partial charge in [0.15, 0.2) is 0 Å². The van der Waals surface area contributed by atoms with Crippen LogP contribution in [-0.2, 0) is 4.74 Å². The Balaban J connectivity index is 2.60. The van der Waals surface area contributed by atoms with Crippen LogP contribution in [0.25, 0.3) is 11.1 Å². The Morgan fingerprint density at radius 3 is 2.32 bits per heavy atom. The normalized spacial score (nSPS) is 10.3. The maximum atomic E-state index is 11.9. The van der Waals surface area contributed by atoms with Crippen LogP contribution in [0.5, 0.6) is 0 Å². The monoisotopic (exact) mass is 257 g/mol. The van der Waals surface area contributed by atoms with Crippen molar-refractivity contribution in [2.24, 2.45) is 0 Å². The Hall–Kier alpha value is -2.36. The number of methoxy groups -OCH3 is 1. The van der Waals surface area contributed by atoms with Gasteiger partial charge in [0.25, 0.3) is 0 Å². The Labute approximate surface area is 111 Å². The number of benzene rings is 1. The second-order valence-electron chi connectivity index (χ2n) is 4.36. The van der Waals surface area contributed by atoms with Gasteiger partial charge in [-0.1, -0.05) is 24.3 Å². The lowest BCUT2D eigenvalue weighted by Gasteiger charge is -2.05. The summed E-state index contributed by atoms with van der Waals surface area (Å²) < 4.78 is 4.82. The first kappa shape index (κ1) is 13.1. The van der Waals surface area contributed by atoms with E-state index in [0.29, 0.717) is 11.1 Å². The number of carbonyl (C=O) groups is 2. The molecule has 0 bridgehead atoms. The molecule has 0 fully saturated rings. The summed E-state index contributed by atoms with van der Waals surface area (Å²) in [6, 6.07) is 7.11. The quantitative estimate of drug-likeness (QED) is 0.679. The van der Waals surface area contributed by atoms with E-state index in [-0.39, 0.29) is 5.97 Å². The van der Waals surface area contributed by atoms with Crippen molar-refractivity contribution in [2.45, 2.75) is 13.8 Å².